The van der Waals surface area contributed by atoms with Gasteiger partial charge in [0.15, 0.2) is 0 Å². The van der Waals surface area contributed by atoms with Gasteiger partial charge < -0.3 is 29.7 Å². The Bertz CT molecular complexity index is 1940. The smallest absolute Gasteiger partial charge is 0.410 e. The van der Waals surface area contributed by atoms with Gasteiger partial charge in [-0.15, -0.1) is 0 Å². The lowest BCUT2D eigenvalue weighted by Gasteiger charge is -2.40. The van der Waals surface area contributed by atoms with Crippen LogP contribution < -0.4 is 15.0 Å². The van der Waals surface area contributed by atoms with Gasteiger partial charge in [0.05, 0.1) is 29.1 Å². The highest BCUT2D eigenvalue weighted by molar-refractivity contribution is 5.96. The number of aromatic nitrogens is 3. The third kappa shape index (κ3) is 7.68. The van der Waals surface area contributed by atoms with Crippen LogP contribution in [0.1, 0.15) is 81.4 Å². The molecule has 0 saturated carbocycles. The number of anilines is 1. The first-order valence-corrected chi connectivity index (χ1v) is 17.0. The maximum Gasteiger partial charge on any atom is 0.410 e. The largest absolute Gasteiger partial charge is 0.489 e. The van der Waals surface area contributed by atoms with Crippen molar-refractivity contribution in [2.24, 2.45) is 0 Å². The summed E-state index contributed by atoms with van der Waals surface area (Å²) in [5.41, 5.74) is 3.29. The quantitative estimate of drug-likeness (QED) is 0.259. The number of carbonyl (C=O) groups is 2. The molecule has 262 valence electrons. The van der Waals surface area contributed by atoms with Crippen molar-refractivity contribution in [3.8, 4) is 22.9 Å². The number of hydrogen-bond acceptors (Lipinski definition) is 9. The molecule has 5 heterocycles. The van der Waals surface area contributed by atoms with Crippen molar-refractivity contribution in [3.63, 3.8) is 0 Å². The summed E-state index contributed by atoms with van der Waals surface area (Å²) in [6.45, 7) is 13.4. The third-order valence-electron chi connectivity index (χ3n) is 9.13. The summed E-state index contributed by atoms with van der Waals surface area (Å²) in [5, 5.41) is 27.5. The second kappa shape index (κ2) is 13.3. The van der Waals surface area contributed by atoms with E-state index >= 15 is 0 Å². The minimum Gasteiger partial charge on any atom is -0.489 e. The molecular weight excluding hydrogens is 634 g/mol. The summed E-state index contributed by atoms with van der Waals surface area (Å²) in [7, 11) is 0. The number of fused-ring (bicyclic) bond motifs is 2. The Morgan fingerprint density at radius 2 is 1.84 bits per heavy atom. The van der Waals surface area contributed by atoms with Crippen molar-refractivity contribution >= 4 is 23.3 Å². The van der Waals surface area contributed by atoms with Gasteiger partial charge in [-0.25, -0.2) is 14.3 Å². The molecule has 12 nitrogen and oxygen atoms in total. The Balaban J connectivity index is 1.11. The molecule has 0 atom stereocenters. The molecule has 0 bridgehead atoms. The minimum atomic E-state index is -1.01. The molecule has 6 rings (SSSR count). The molecule has 1 aromatic carbocycles. The van der Waals surface area contributed by atoms with Crippen LogP contribution in [0.15, 0.2) is 55.0 Å². The molecule has 2 aliphatic heterocycles. The Morgan fingerprint density at radius 3 is 2.50 bits per heavy atom. The lowest BCUT2D eigenvalue weighted by atomic mass is 9.88. The van der Waals surface area contributed by atoms with E-state index in [1.807, 2.05) is 57.2 Å². The average molecular weight is 680 g/mol. The number of pyridine rings is 2. The number of aliphatic hydroxyl groups is 1. The van der Waals surface area contributed by atoms with Crippen molar-refractivity contribution in [1.82, 2.24) is 24.8 Å². The van der Waals surface area contributed by atoms with Gasteiger partial charge in [0.25, 0.3) is 5.91 Å². The molecular formula is C38H45N7O5. The van der Waals surface area contributed by atoms with E-state index in [-0.39, 0.29) is 18.6 Å². The number of nitriles is 1. The third-order valence-corrected chi connectivity index (χ3v) is 9.13. The van der Waals surface area contributed by atoms with Crippen molar-refractivity contribution in [3.05, 3.63) is 77.2 Å². The number of hydrogen-bond donors (Lipinski definition) is 2. The first-order valence-electron chi connectivity index (χ1n) is 17.0. The second-order valence-corrected chi connectivity index (χ2v) is 15.2. The van der Waals surface area contributed by atoms with Crippen LogP contribution in [0.3, 0.4) is 0 Å². The predicted molar refractivity (Wildman–Crippen MR) is 189 cm³/mol. The Labute approximate surface area is 292 Å². The maximum atomic E-state index is 13.7. The van der Waals surface area contributed by atoms with E-state index in [1.165, 1.54) is 6.20 Å². The second-order valence-electron chi connectivity index (χ2n) is 15.2. The zero-order chi connectivity index (χ0) is 35.8. The monoisotopic (exact) mass is 679 g/mol. The first kappa shape index (κ1) is 34.7. The zero-order valence-corrected chi connectivity index (χ0v) is 29.6. The number of piperidine rings is 1. The van der Waals surface area contributed by atoms with Crippen molar-refractivity contribution in [2.45, 2.75) is 84.1 Å². The molecule has 50 heavy (non-hydrogen) atoms. The zero-order valence-electron chi connectivity index (χ0n) is 29.6. The topological polar surface area (TPSA) is 145 Å². The molecule has 0 radical (unpaired) electrons. The standard InChI is InChI=1S/C38H45N7O5/c1-36(2,3)50-35(47)44-15-12-29-26(22-44)8-7-9-30(29)34(46)42-38(6)13-16-43(17-14-38)32-11-10-25(20-40-32)31-18-28(49-24-37(4,5)48)23-45-33(31)27(19-39)21-41-45/h7-11,18,20-21,23,48H,12-17,22,24H2,1-6H3,(H,42,46). The van der Waals surface area contributed by atoms with Crippen LogP contribution in [0.2, 0.25) is 0 Å². The van der Waals surface area contributed by atoms with Gasteiger partial charge in [-0.3, -0.25) is 4.79 Å². The Hall–Kier alpha value is -5.15. The fourth-order valence-corrected chi connectivity index (χ4v) is 6.47. The summed E-state index contributed by atoms with van der Waals surface area (Å²) in [4.78, 5) is 35.0. The number of rotatable bonds is 7. The van der Waals surface area contributed by atoms with E-state index in [4.69, 9.17) is 14.5 Å². The molecule has 12 heteroatoms. The van der Waals surface area contributed by atoms with E-state index in [9.17, 15) is 20.0 Å². The fraction of sp³-hybridized carbons (Fsp3) is 0.447. The van der Waals surface area contributed by atoms with Crippen LogP contribution in [0.4, 0.5) is 10.6 Å². The lowest BCUT2D eigenvalue weighted by Crippen LogP contribution is -2.53. The molecule has 3 aromatic heterocycles. The van der Waals surface area contributed by atoms with E-state index in [2.05, 4.69) is 28.3 Å². The van der Waals surface area contributed by atoms with Crippen molar-refractivity contribution < 1.29 is 24.2 Å². The molecule has 0 aliphatic carbocycles. The van der Waals surface area contributed by atoms with E-state index in [0.717, 1.165) is 40.9 Å². The Morgan fingerprint density at radius 1 is 1.08 bits per heavy atom. The summed E-state index contributed by atoms with van der Waals surface area (Å²) >= 11 is 0. The number of ether oxygens (including phenoxy) is 2. The molecule has 0 unspecified atom stereocenters. The number of nitrogens with zero attached hydrogens (tertiary/aromatic N) is 6. The summed E-state index contributed by atoms with van der Waals surface area (Å²) < 4.78 is 13.0. The number of benzene rings is 1. The van der Waals surface area contributed by atoms with Gasteiger partial charge in [0, 0.05) is 54.6 Å². The van der Waals surface area contributed by atoms with Gasteiger partial charge in [0.1, 0.15) is 29.8 Å². The van der Waals surface area contributed by atoms with Gasteiger partial charge >= 0.3 is 6.09 Å². The van der Waals surface area contributed by atoms with Crippen molar-refractivity contribution in [1.29, 1.82) is 5.26 Å². The minimum absolute atomic E-state index is 0.0947. The SMILES string of the molecule is CC(C)(O)COc1cc(-c2ccc(N3CCC(C)(NC(=O)c4cccc5c4CCN(C(=O)OC(C)(C)C)C5)CC3)nc2)c2c(C#N)cnn2c1. The Kier molecular flexibility index (Phi) is 9.22. The molecule has 2 aliphatic rings. The molecule has 2 N–H and O–H groups in total. The van der Waals surface area contributed by atoms with Gasteiger partial charge in [-0.05, 0) is 96.2 Å². The number of amides is 2. The summed E-state index contributed by atoms with van der Waals surface area (Å²) in [5.74, 6) is 1.25. The van der Waals surface area contributed by atoms with Crippen LogP contribution in [0.25, 0.3) is 16.6 Å². The van der Waals surface area contributed by atoms with Crippen LogP contribution in [-0.2, 0) is 17.7 Å². The predicted octanol–water partition coefficient (Wildman–Crippen LogP) is 5.50. The van der Waals surface area contributed by atoms with E-state index in [0.29, 0.717) is 55.0 Å². The van der Waals surface area contributed by atoms with Gasteiger partial charge in [0.2, 0.25) is 0 Å². The number of carbonyl (C=O) groups excluding carboxylic acids is 2. The van der Waals surface area contributed by atoms with Gasteiger partial charge in [-0.2, -0.15) is 10.4 Å². The number of nitrogens with one attached hydrogen (secondary N) is 1. The van der Waals surface area contributed by atoms with Crippen molar-refractivity contribution in [2.75, 3.05) is 31.1 Å². The van der Waals surface area contributed by atoms with Crippen LogP contribution in [0.5, 0.6) is 5.75 Å². The highest BCUT2D eigenvalue weighted by atomic mass is 16.6. The molecule has 1 saturated heterocycles. The first-order chi connectivity index (χ1) is 23.6. The maximum absolute atomic E-state index is 13.7. The fourth-order valence-electron chi connectivity index (χ4n) is 6.47. The van der Waals surface area contributed by atoms with Crippen LogP contribution in [0, 0.1) is 11.3 Å². The van der Waals surface area contributed by atoms with Crippen LogP contribution >= 0.6 is 0 Å². The molecule has 1 fully saturated rings. The van der Waals surface area contributed by atoms with E-state index < -0.39 is 16.7 Å². The van der Waals surface area contributed by atoms with Crippen LogP contribution in [-0.4, -0.2) is 79.6 Å². The average Bonchev–Trinajstić information content (AvgIpc) is 3.49. The lowest BCUT2D eigenvalue weighted by molar-refractivity contribution is 0.0223. The highest BCUT2D eigenvalue weighted by Crippen LogP contribution is 2.33. The molecule has 0 spiro atoms. The molecule has 4 aromatic rings. The summed E-state index contributed by atoms with van der Waals surface area (Å²) in [6, 6.07) is 13.7. The normalized spacial score (nSPS) is 16.0. The summed E-state index contributed by atoms with van der Waals surface area (Å²) in [6.07, 6.45) is 6.74. The van der Waals surface area contributed by atoms with Gasteiger partial charge in [-0.1, -0.05) is 12.1 Å². The van der Waals surface area contributed by atoms with E-state index in [1.54, 1.807) is 35.7 Å². The molecule has 2 amide bonds. The highest BCUT2D eigenvalue weighted by Gasteiger charge is 2.34.